The lowest BCUT2D eigenvalue weighted by Crippen LogP contribution is -2.18. The van der Waals surface area contributed by atoms with Gasteiger partial charge in [0.15, 0.2) is 0 Å². The van der Waals surface area contributed by atoms with Gasteiger partial charge in [-0.2, -0.15) is 13.2 Å². The van der Waals surface area contributed by atoms with Crippen LogP contribution in [0, 0.1) is 0 Å². The molecule has 1 heterocycles. The minimum Gasteiger partial charge on any atom is -0.466 e. The topological polar surface area (TPSA) is 39.2 Å². The van der Waals surface area contributed by atoms with Crippen LogP contribution in [0.3, 0.4) is 0 Å². The van der Waals surface area contributed by atoms with Crippen LogP contribution in [0.4, 0.5) is 22.0 Å². The number of hydrogen-bond donors (Lipinski definition) is 0. The van der Waals surface area contributed by atoms with E-state index in [9.17, 15) is 26.7 Å². The molecule has 0 N–H and O–H groups in total. The summed E-state index contributed by atoms with van der Waals surface area (Å²) in [5.41, 5.74) is -3.51. The maximum Gasteiger partial charge on any atom is 0.433 e. The van der Waals surface area contributed by atoms with Crippen molar-refractivity contribution in [3.05, 3.63) is 28.0 Å². The van der Waals surface area contributed by atoms with Crippen molar-refractivity contribution >= 4 is 17.6 Å². The Morgan fingerprint density at radius 1 is 1.45 bits per heavy atom. The molecule has 3 nitrogen and oxygen atoms in total. The van der Waals surface area contributed by atoms with Gasteiger partial charge < -0.3 is 4.74 Å². The second kappa shape index (κ2) is 6.34. The van der Waals surface area contributed by atoms with Crippen molar-refractivity contribution in [1.82, 2.24) is 4.98 Å². The fraction of sp³-hybridized carbons (Fsp3) is 0.455. The molecule has 0 aromatic carbocycles. The molecule has 0 aliphatic rings. The normalized spacial score (nSPS) is 11.8. The first-order chi connectivity index (χ1) is 9.16. The van der Waals surface area contributed by atoms with E-state index < -0.39 is 47.0 Å². The minimum atomic E-state index is -5.00. The zero-order valence-electron chi connectivity index (χ0n) is 10.1. The maximum absolute atomic E-state index is 12.8. The second-order valence-electron chi connectivity index (χ2n) is 3.64. The fourth-order valence-electron chi connectivity index (χ4n) is 1.53. The average Bonchev–Trinajstić information content (AvgIpc) is 2.29. The molecule has 0 saturated carbocycles. The summed E-state index contributed by atoms with van der Waals surface area (Å²) in [5.74, 6) is -1.05. The fourth-order valence-corrected chi connectivity index (χ4v) is 1.73. The Balaban J connectivity index is 3.38. The number of carbonyl (C=O) groups is 1. The number of pyridine rings is 1. The van der Waals surface area contributed by atoms with Crippen molar-refractivity contribution in [1.29, 1.82) is 0 Å². The van der Waals surface area contributed by atoms with Crippen LogP contribution in [0.5, 0.6) is 0 Å². The van der Waals surface area contributed by atoms with E-state index in [1.165, 1.54) is 6.92 Å². The Morgan fingerprint density at radius 2 is 2.05 bits per heavy atom. The molecule has 0 spiro atoms. The molecule has 112 valence electrons. The van der Waals surface area contributed by atoms with Gasteiger partial charge in [-0.25, -0.2) is 13.8 Å². The van der Waals surface area contributed by atoms with E-state index in [2.05, 4.69) is 9.72 Å². The van der Waals surface area contributed by atoms with Gasteiger partial charge in [0, 0.05) is 11.1 Å². The molecule has 0 aliphatic carbocycles. The number of carbonyl (C=O) groups excluding carboxylic acids is 1. The van der Waals surface area contributed by atoms with Gasteiger partial charge in [0.2, 0.25) is 0 Å². The van der Waals surface area contributed by atoms with Gasteiger partial charge in [0.05, 0.1) is 13.0 Å². The van der Waals surface area contributed by atoms with E-state index in [1.807, 2.05) is 0 Å². The predicted molar refractivity (Wildman–Crippen MR) is 59.5 cm³/mol. The van der Waals surface area contributed by atoms with Gasteiger partial charge in [-0.3, -0.25) is 4.79 Å². The number of nitrogens with zero attached hydrogens (tertiary/aromatic N) is 1. The quantitative estimate of drug-likeness (QED) is 0.482. The Labute approximate surface area is 115 Å². The number of aromatic nitrogens is 1. The molecular formula is C11H9ClF5NO2. The van der Waals surface area contributed by atoms with Gasteiger partial charge in [0.1, 0.15) is 10.8 Å². The van der Waals surface area contributed by atoms with Crippen LogP contribution in [0.1, 0.15) is 30.2 Å². The van der Waals surface area contributed by atoms with Crippen LogP contribution in [0.25, 0.3) is 0 Å². The highest BCUT2D eigenvalue weighted by atomic mass is 35.5. The lowest BCUT2D eigenvalue weighted by molar-refractivity contribution is -0.144. The van der Waals surface area contributed by atoms with E-state index in [4.69, 9.17) is 11.6 Å². The molecule has 0 saturated heterocycles. The Bertz CT molecular complexity index is 504. The van der Waals surface area contributed by atoms with E-state index in [0.717, 1.165) is 0 Å². The SMILES string of the molecule is CCOC(=O)Cc1c(C(F)F)cc(Cl)nc1C(F)(F)F. The van der Waals surface area contributed by atoms with Crippen molar-refractivity contribution in [3.63, 3.8) is 0 Å². The van der Waals surface area contributed by atoms with Crippen LogP contribution >= 0.6 is 11.6 Å². The first-order valence-electron chi connectivity index (χ1n) is 5.37. The van der Waals surface area contributed by atoms with Crippen molar-refractivity contribution in [3.8, 4) is 0 Å². The van der Waals surface area contributed by atoms with Gasteiger partial charge in [-0.15, -0.1) is 0 Å². The Hall–Kier alpha value is -1.44. The van der Waals surface area contributed by atoms with Gasteiger partial charge in [-0.05, 0) is 13.0 Å². The third kappa shape index (κ3) is 4.03. The van der Waals surface area contributed by atoms with Crippen LogP contribution in [0.15, 0.2) is 6.07 Å². The first-order valence-corrected chi connectivity index (χ1v) is 5.74. The van der Waals surface area contributed by atoms with Gasteiger partial charge in [0.25, 0.3) is 6.43 Å². The number of esters is 1. The van der Waals surface area contributed by atoms with E-state index in [0.29, 0.717) is 6.07 Å². The number of halogens is 6. The molecule has 20 heavy (non-hydrogen) atoms. The van der Waals surface area contributed by atoms with E-state index in [-0.39, 0.29) is 6.61 Å². The maximum atomic E-state index is 12.8. The molecule has 0 bridgehead atoms. The van der Waals surface area contributed by atoms with Crippen LogP contribution in [-0.4, -0.2) is 17.6 Å². The summed E-state index contributed by atoms with van der Waals surface area (Å²) < 4.78 is 68.4. The largest absolute Gasteiger partial charge is 0.466 e. The third-order valence-corrected chi connectivity index (χ3v) is 2.45. The molecule has 1 aromatic rings. The molecule has 0 atom stereocenters. The van der Waals surface area contributed by atoms with Crippen molar-refractivity contribution in [2.24, 2.45) is 0 Å². The standard InChI is InChI=1S/C11H9ClF5NO2/c1-2-20-8(19)4-5-6(10(13)14)3-7(12)18-9(5)11(15,16)17/h3,10H,2,4H2,1H3. The predicted octanol–water partition coefficient (Wildman–Crippen LogP) is 3.80. The molecule has 9 heteroatoms. The lowest BCUT2D eigenvalue weighted by Gasteiger charge is -2.15. The Kier molecular flexibility index (Phi) is 5.27. The lowest BCUT2D eigenvalue weighted by atomic mass is 10.0. The van der Waals surface area contributed by atoms with Crippen LogP contribution in [0.2, 0.25) is 5.15 Å². The summed E-state index contributed by atoms with van der Waals surface area (Å²) in [6, 6.07) is 0.607. The van der Waals surface area contributed by atoms with Crippen molar-refractivity contribution < 1.29 is 31.5 Å². The van der Waals surface area contributed by atoms with Gasteiger partial charge >= 0.3 is 12.1 Å². The summed E-state index contributed by atoms with van der Waals surface area (Å²) in [4.78, 5) is 14.3. The smallest absolute Gasteiger partial charge is 0.433 e. The molecule has 1 rings (SSSR count). The number of hydrogen-bond acceptors (Lipinski definition) is 3. The summed E-state index contributed by atoms with van der Waals surface area (Å²) in [5, 5.41) is -0.722. The van der Waals surface area contributed by atoms with E-state index >= 15 is 0 Å². The molecule has 0 amide bonds. The zero-order chi connectivity index (χ0) is 15.5. The molecule has 0 fully saturated rings. The highest BCUT2D eigenvalue weighted by Crippen LogP contribution is 2.36. The zero-order valence-corrected chi connectivity index (χ0v) is 10.9. The summed E-state index contributed by atoms with van der Waals surface area (Å²) >= 11 is 5.31. The molecule has 0 unspecified atom stereocenters. The summed E-state index contributed by atoms with van der Waals surface area (Å²) in [6.07, 6.45) is -9.18. The molecule has 0 aliphatic heterocycles. The molecule has 0 radical (unpaired) electrons. The summed E-state index contributed by atoms with van der Waals surface area (Å²) in [6.45, 7) is 1.36. The van der Waals surface area contributed by atoms with Crippen molar-refractivity contribution in [2.75, 3.05) is 6.61 Å². The van der Waals surface area contributed by atoms with E-state index in [1.54, 1.807) is 0 Å². The third-order valence-electron chi connectivity index (χ3n) is 2.26. The average molecular weight is 318 g/mol. The highest BCUT2D eigenvalue weighted by molar-refractivity contribution is 6.29. The highest BCUT2D eigenvalue weighted by Gasteiger charge is 2.38. The monoisotopic (exact) mass is 317 g/mol. The second-order valence-corrected chi connectivity index (χ2v) is 4.03. The number of alkyl halides is 5. The number of rotatable bonds is 4. The van der Waals surface area contributed by atoms with Crippen LogP contribution in [-0.2, 0) is 22.1 Å². The summed E-state index contributed by atoms with van der Waals surface area (Å²) in [7, 11) is 0. The molecular weight excluding hydrogens is 309 g/mol. The van der Waals surface area contributed by atoms with Gasteiger partial charge in [-0.1, -0.05) is 11.6 Å². The minimum absolute atomic E-state index is 0.0782. The number of ether oxygens (including phenoxy) is 1. The van der Waals surface area contributed by atoms with Crippen LogP contribution < -0.4 is 0 Å². The van der Waals surface area contributed by atoms with Crippen molar-refractivity contribution in [2.45, 2.75) is 25.9 Å². The first kappa shape index (κ1) is 16.6. The Morgan fingerprint density at radius 3 is 2.50 bits per heavy atom. The molecule has 1 aromatic heterocycles.